The van der Waals surface area contributed by atoms with E-state index in [0.717, 1.165) is 12.2 Å². The molecule has 21 heavy (non-hydrogen) atoms. The van der Waals surface area contributed by atoms with E-state index in [1.807, 2.05) is 42.6 Å². The van der Waals surface area contributed by atoms with Gasteiger partial charge in [-0.3, -0.25) is 4.79 Å². The zero-order valence-electron chi connectivity index (χ0n) is 12.0. The van der Waals surface area contributed by atoms with Crippen molar-refractivity contribution in [3.63, 3.8) is 0 Å². The van der Waals surface area contributed by atoms with Crippen LogP contribution in [0.25, 0.3) is 0 Å². The Bertz CT molecular complexity index is 506. The van der Waals surface area contributed by atoms with Gasteiger partial charge in [0.05, 0.1) is 17.3 Å². The fraction of sp³-hybridized carbons (Fsp3) is 0.533. The maximum Gasteiger partial charge on any atom is 0.244 e. The molecule has 1 aromatic rings. The first kappa shape index (κ1) is 15.2. The first-order valence-corrected chi connectivity index (χ1v) is 9.33. The SMILES string of the molecule is C[C@H]1OCCN[C@@H]1C(=O)Nc1cccc(C2SCCS2)c1. The van der Waals surface area contributed by atoms with Crippen molar-refractivity contribution in [1.82, 2.24) is 5.32 Å². The van der Waals surface area contributed by atoms with E-state index in [4.69, 9.17) is 4.74 Å². The molecule has 0 spiro atoms. The largest absolute Gasteiger partial charge is 0.375 e. The lowest BCUT2D eigenvalue weighted by Crippen LogP contribution is -2.53. The Morgan fingerprint density at radius 3 is 2.95 bits per heavy atom. The molecule has 2 N–H and O–H groups in total. The number of thioether (sulfide) groups is 2. The average molecular weight is 324 g/mol. The molecule has 1 aromatic carbocycles. The van der Waals surface area contributed by atoms with Crippen LogP contribution in [0.2, 0.25) is 0 Å². The van der Waals surface area contributed by atoms with Crippen molar-refractivity contribution in [2.45, 2.75) is 23.7 Å². The van der Waals surface area contributed by atoms with Crippen LogP contribution in [0, 0.1) is 0 Å². The minimum absolute atomic E-state index is 0.0221. The maximum atomic E-state index is 12.3. The first-order valence-electron chi connectivity index (χ1n) is 7.23. The van der Waals surface area contributed by atoms with Crippen LogP contribution in [0.3, 0.4) is 0 Å². The van der Waals surface area contributed by atoms with Crippen molar-refractivity contribution in [1.29, 1.82) is 0 Å². The molecule has 114 valence electrons. The molecule has 0 radical (unpaired) electrons. The highest BCUT2D eigenvalue weighted by molar-refractivity contribution is 8.19. The number of ether oxygens (including phenoxy) is 1. The van der Waals surface area contributed by atoms with Gasteiger partial charge in [-0.1, -0.05) is 12.1 Å². The van der Waals surface area contributed by atoms with Crippen molar-refractivity contribution >= 4 is 35.1 Å². The number of amides is 1. The number of carbonyl (C=O) groups excluding carboxylic acids is 1. The summed E-state index contributed by atoms with van der Waals surface area (Å²) in [6.07, 6.45) is -0.0946. The summed E-state index contributed by atoms with van der Waals surface area (Å²) in [5, 5.41) is 6.22. The molecule has 0 aliphatic carbocycles. The topological polar surface area (TPSA) is 50.4 Å². The van der Waals surface area contributed by atoms with E-state index < -0.39 is 0 Å². The summed E-state index contributed by atoms with van der Waals surface area (Å²) in [5.41, 5.74) is 2.14. The molecule has 0 unspecified atom stereocenters. The third-order valence-corrected chi connectivity index (χ3v) is 6.75. The summed E-state index contributed by atoms with van der Waals surface area (Å²) in [5.74, 6) is 2.38. The number of hydrogen-bond donors (Lipinski definition) is 2. The van der Waals surface area contributed by atoms with E-state index in [2.05, 4.69) is 22.8 Å². The van der Waals surface area contributed by atoms with Crippen LogP contribution in [-0.2, 0) is 9.53 Å². The summed E-state index contributed by atoms with van der Waals surface area (Å²) in [7, 11) is 0. The number of carbonyl (C=O) groups is 1. The van der Waals surface area contributed by atoms with Crippen molar-refractivity contribution in [2.24, 2.45) is 0 Å². The second-order valence-corrected chi connectivity index (χ2v) is 7.92. The molecule has 3 rings (SSSR count). The van der Waals surface area contributed by atoms with Gasteiger partial charge in [0, 0.05) is 23.7 Å². The molecule has 1 amide bonds. The van der Waals surface area contributed by atoms with Crippen LogP contribution < -0.4 is 10.6 Å². The third-order valence-electron chi connectivity index (χ3n) is 3.65. The lowest BCUT2D eigenvalue weighted by molar-refractivity contribution is -0.123. The Labute approximate surface area is 133 Å². The van der Waals surface area contributed by atoms with Crippen molar-refractivity contribution in [3.05, 3.63) is 29.8 Å². The summed E-state index contributed by atoms with van der Waals surface area (Å²) in [6.45, 7) is 3.31. The average Bonchev–Trinajstić information content (AvgIpc) is 3.02. The highest BCUT2D eigenvalue weighted by atomic mass is 32.2. The summed E-state index contributed by atoms with van der Waals surface area (Å²) in [6, 6.07) is 7.90. The van der Waals surface area contributed by atoms with E-state index in [-0.39, 0.29) is 18.1 Å². The Morgan fingerprint density at radius 1 is 1.38 bits per heavy atom. The summed E-state index contributed by atoms with van der Waals surface area (Å²) in [4.78, 5) is 12.3. The van der Waals surface area contributed by atoms with Gasteiger partial charge in [-0.15, -0.1) is 23.5 Å². The monoisotopic (exact) mass is 324 g/mol. The van der Waals surface area contributed by atoms with Gasteiger partial charge >= 0.3 is 0 Å². The van der Waals surface area contributed by atoms with Crippen LogP contribution >= 0.6 is 23.5 Å². The van der Waals surface area contributed by atoms with Crippen molar-refractivity contribution < 1.29 is 9.53 Å². The Balaban J connectivity index is 1.66. The molecule has 2 saturated heterocycles. The Morgan fingerprint density at radius 2 is 2.19 bits per heavy atom. The zero-order chi connectivity index (χ0) is 14.7. The van der Waals surface area contributed by atoms with Gasteiger partial charge in [0.2, 0.25) is 5.91 Å². The zero-order valence-corrected chi connectivity index (χ0v) is 13.6. The van der Waals surface area contributed by atoms with Gasteiger partial charge in [0.25, 0.3) is 0 Å². The van der Waals surface area contributed by atoms with Gasteiger partial charge in [0.1, 0.15) is 6.04 Å². The van der Waals surface area contributed by atoms with Crippen molar-refractivity contribution in [3.8, 4) is 0 Å². The van der Waals surface area contributed by atoms with Gasteiger partial charge < -0.3 is 15.4 Å². The smallest absolute Gasteiger partial charge is 0.244 e. The predicted octanol–water partition coefficient (Wildman–Crippen LogP) is 2.48. The lowest BCUT2D eigenvalue weighted by atomic mass is 10.1. The molecule has 2 aliphatic rings. The number of benzene rings is 1. The number of nitrogens with one attached hydrogen (secondary N) is 2. The van der Waals surface area contributed by atoms with Crippen molar-refractivity contribution in [2.75, 3.05) is 30.0 Å². The molecule has 6 heteroatoms. The molecule has 4 nitrogen and oxygen atoms in total. The summed E-state index contributed by atoms with van der Waals surface area (Å²) >= 11 is 3.94. The Kier molecular flexibility index (Phi) is 5.11. The Hall–Kier alpha value is -0.690. The van der Waals surface area contributed by atoms with Gasteiger partial charge in [-0.2, -0.15) is 0 Å². The summed E-state index contributed by atoms with van der Waals surface area (Å²) < 4.78 is 6.02. The number of rotatable bonds is 3. The number of hydrogen-bond acceptors (Lipinski definition) is 5. The highest BCUT2D eigenvalue weighted by Crippen LogP contribution is 2.45. The quantitative estimate of drug-likeness (QED) is 0.894. The van der Waals surface area contributed by atoms with E-state index in [0.29, 0.717) is 11.2 Å². The molecule has 2 atom stereocenters. The van der Waals surface area contributed by atoms with Gasteiger partial charge in [-0.25, -0.2) is 0 Å². The lowest BCUT2D eigenvalue weighted by Gasteiger charge is -2.29. The van der Waals surface area contributed by atoms with Crippen LogP contribution in [0.4, 0.5) is 5.69 Å². The van der Waals surface area contributed by atoms with Crippen LogP contribution in [0.5, 0.6) is 0 Å². The van der Waals surface area contributed by atoms with Gasteiger partial charge in [-0.05, 0) is 24.6 Å². The molecule has 0 bridgehead atoms. The standard InChI is InChI=1S/C15H20N2O2S2/c1-10-13(16-5-6-19-10)14(18)17-12-4-2-3-11(9-12)15-20-7-8-21-15/h2-4,9-10,13,15-16H,5-8H2,1H3,(H,17,18)/t10-,13+/m1/s1. The van der Waals surface area contributed by atoms with Crippen LogP contribution in [0.1, 0.15) is 17.1 Å². The fourth-order valence-corrected chi connectivity index (χ4v) is 5.40. The highest BCUT2D eigenvalue weighted by Gasteiger charge is 2.28. The first-order chi connectivity index (χ1) is 10.2. The number of anilines is 1. The molecule has 0 aromatic heterocycles. The molecule has 2 aliphatic heterocycles. The molecule has 0 saturated carbocycles. The number of morpholine rings is 1. The minimum Gasteiger partial charge on any atom is -0.375 e. The van der Waals surface area contributed by atoms with Gasteiger partial charge in [0.15, 0.2) is 0 Å². The minimum atomic E-state index is -0.280. The van der Waals surface area contributed by atoms with E-state index in [1.54, 1.807) is 0 Å². The maximum absolute atomic E-state index is 12.3. The molecule has 2 heterocycles. The second kappa shape index (κ2) is 7.05. The third kappa shape index (κ3) is 3.74. The molecular formula is C15H20N2O2S2. The second-order valence-electron chi connectivity index (χ2n) is 5.20. The fourth-order valence-electron chi connectivity index (χ4n) is 2.56. The van der Waals surface area contributed by atoms with E-state index in [9.17, 15) is 4.79 Å². The molecule has 2 fully saturated rings. The van der Waals surface area contributed by atoms with Crippen LogP contribution in [-0.4, -0.2) is 42.7 Å². The predicted molar refractivity (Wildman–Crippen MR) is 89.9 cm³/mol. The molecular weight excluding hydrogens is 304 g/mol. The normalized spacial score (nSPS) is 26.7. The van der Waals surface area contributed by atoms with Crippen LogP contribution in [0.15, 0.2) is 24.3 Å². The van der Waals surface area contributed by atoms with E-state index in [1.165, 1.54) is 17.1 Å². The van der Waals surface area contributed by atoms with E-state index >= 15 is 0 Å².